The highest BCUT2D eigenvalue weighted by atomic mass is 35.5. The second-order valence-corrected chi connectivity index (χ2v) is 7.49. The normalized spacial score (nSPS) is 18.5. The van der Waals surface area contributed by atoms with Crippen molar-refractivity contribution in [2.24, 2.45) is 0 Å². The van der Waals surface area contributed by atoms with Gasteiger partial charge in [-0.1, -0.05) is 17.7 Å². The number of carbonyl (C=O) groups excluding carboxylic acids is 1. The summed E-state index contributed by atoms with van der Waals surface area (Å²) in [6, 6.07) is 8.42. The van der Waals surface area contributed by atoms with Gasteiger partial charge in [-0.05, 0) is 24.6 Å². The zero-order chi connectivity index (χ0) is 23.0. The van der Waals surface area contributed by atoms with Gasteiger partial charge in [-0.25, -0.2) is 0 Å². The molecule has 1 aliphatic rings. The van der Waals surface area contributed by atoms with E-state index in [9.17, 15) is 9.90 Å². The number of anilines is 1. The van der Waals surface area contributed by atoms with Gasteiger partial charge in [0, 0.05) is 38.8 Å². The topological polar surface area (TPSA) is 138 Å². The zero-order valence-electron chi connectivity index (χ0n) is 17.4. The quantitative estimate of drug-likeness (QED) is 0.506. The van der Waals surface area contributed by atoms with Crippen LogP contribution in [0, 0.1) is 0 Å². The Morgan fingerprint density at radius 2 is 2.10 bits per heavy atom. The molecule has 1 aliphatic heterocycles. The number of hydrogen-bond donors (Lipinski definition) is 4. The summed E-state index contributed by atoms with van der Waals surface area (Å²) < 4.78 is 5.22. The fourth-order valence-corrected chi connectivity index (χ4v) is 3.36. The number of ether oxygens (including phenoxy) is 1. The molecular weight excluding hydrogens is 424 g/mol. The molecule has 1 amide bonds. The number of nitrogens with two attached hydrogens (primary N) is 1. The molecule has 0 aliphatic carbocycles. The van der Waals surface area contributed by atoms with Crippen molar-refractivity contribution in [3.63, 3.8) is 0 Å². The number of nitrogen functional groups attached to an aromatic ring is 1. The third-order valence-electron chi connectivity index (χ3n) is 4.66. The van der Waals surface area contributed by atoms with E-state index in [1.54, 1.807) is 6.20 Å². The Bertz CT molecular complexity index is 893. The van der Waals surface area contributed by atoms with E-state index in [2.05, 4.69) is 15.2 Å². The second kappa shape index (κ2) is 11.5. The van der Waals surface area contributed by atoms with Crippen LogP contribution in [0.15, 0.2) is 36.5 Å². The van der Waals surface area contributed by atoms with Crippen LogP contribution in [0.25, 0.3) is 0 Å². The first-order valence-corrected chi connectivity index (χ1v) is 10.0. The second-order valence-electron chi connectivity index (χ2n) is 7.09. The minimum atomic E-state index is -0.833. The maximum atomic E-state index is 12.6. The molecule has 0 bridgehead atoms. The van der Waals surface area contributed by atoms with E-state index >= 15 is 0 Å². The maximum absolute atomic E-state index is 12.6. The smallest absolute Gasteiger partial charge is 0.300 e. The maximum Gasteiger partial charge on any atom is 0.300 e. The highest BCUT2D eigenvalue weighted by molar-refractivity contribution is 6.33. The molecule has 2 aromatic rings. The lowest BCUT2D eigenvalue weighted by Gasteiger charge is -2.36. The van der Waals surface area contributed by atoms with Crippen LogP contribution in [0.3, 0.4) is 0 Å². The van der Waals surface area contributed by atoms with Crippen molar-refractivity contribution in [3.05, 3.63) is 52.8 Å². The Balaban J connectivity index is 0.000000785. The Morgan fingerprint density at radius 1 is 1.39 bits per heavy atom. The molecule has 31 heavy (non-hydrogen) atoms. The summed E-state index contributed by atoms with van der Waals surface area (Å²) >= 11 is 6.03. The van der Waals surface area contributed by atoms with Crippen LogP contribution in [0.5, 0.6) is 5.75 Å². The van der Waals surface area contributed by atoms with Gasteiger partial charge in [0.15, 0.2) is 0 Å². The zero-order valence-corrected chi connectivity index (χ0v) is 18.2. The van der Waals surface area contributed by atoms with Crippen molar-refractivity contribution < 1.29 is 24.5 Å². The summed E-state index contributed by atoms with van der Waals surface area (Å²) in [6.45, 7) is 2.96. The first kappa shape index (κ1) is 24.4. The number of carboxylic acids is 1. The lowest BCUT2D eigenvalue weighted by molar-refractivity contribution is -0.134. The molecule has 0 radical (unpaired) electrons. The van der Waals surface area contributed by atoms with Crippen molar-refractivity contribution in [2.45, 2.75) is 32.0 Å². The number of pyridine rings is 1. The van der Waals surface area contributed by atoms with Gasteiger partial charge in [-0.2, -0.15) is 0 Å². The number of aliphatic carboxylic acids is 1. The van der Waals surface area contributed by atoms with E-state index in [0.717, 1.165) is 19.2 Å². The number of carboxylic acid groups (broad SMARTS) is 1. The number of piperidine rings is 1. The van der Waals surface area contributed by atoms with E-state index in [1.807, 2.05) is 18.2 Å². The minimum Gasteiger partial charge on any atom is -0.496 e. The average molecular weight is 451 g/mol. The van der Waals surface area contributed by atoms with Gasteiger partial charge in [-0.3, -0.25) is 19.5 Å². The predicted molar refractivity (Wildman–Crippen MR) is 117 cm³/mol. The van der Waals surface area contributed by atoms with Crippen molar-refractivity contribution in [1.29, 1.82) is 0 Å². The number of methoxy groups -OCH3 is 1. The average Bonchev–Trinajstić information content (AvgIpc) is 2.72. The molecule has 1 saturated heterocycles. The van der Waals surface area contributed by atoms with Crippen LogP contribution in [0.1, 0.15) is 29.4 Å². The van der Waals surface area contributed by atoms with Crippen molar-refractivity contribution in [3.8, 4) is 5.75 Å². The number of nitrogens with one attached hydrogen (secondary N) is 1. The standard InChI is InChI=1S/C19H23ClN4O3.C2H4O2/c1-27-18-9-15(21)14(20)8-13(18)19(26)23-16-5-7-24(11-17(16)25)10-12-4-2-3-6-22-12;1-2(3)4/h2-4,6,8-9,16-17,25H,5,7,10-11,21H2,1H3,(H,23,26);1H3,(H,3,4). The number of nitrogens with zero attached hydrogens (tertiary/aromatic N) is 2. The molecule has 2 heterocycles. The SMILES string of the molecule is CC(=O)O.COc1cc(N)c(Cl)cc1C(=O)NC1CCN(Cc2ccccn2)CC1O. The number of likely N-dealkylation sites (tertiary alicyclic amines) is 1. The lowest BCUT2D eigenvalue weighted by Crippen LogP contribution is -2.53. The minimum absolute atomic E-state index is 0.284. The first-order chi connectivity index (χ1) is 14.7. The van der Waals surface area contributed by atoms with Gasteiger partial charge in [0.25, 0.3) is 11.9 Å². The molecular formula is C21H27ClN4O5. The monoisotopic (exact) mass is 450 g/mol. The summed E-state index contributed by atoms with van der Waals surface area (Å²) in [6.07, 6.45) is 1.70. The number of rotatable bonds is 5. The van der Waals surface area contributed by atoms with E-state index in [0.29, 0.717) is 36.5 Å². The largest absolute Gasteiger partial charge is 0.496 e. The molecule has 0 saturated carbocycles. The Hall–Kier alpha value is -2.88. The number of aliphatic hydroxyl groups excluding tert-OH is 1. The highest BCUT2D eigenvalue weighted by Gasteiger charge is 2.30. The summed E-state index contributed by atoms with van der Waals surface area (Å²) in [5.74, 6) is -0.840. The summed E-state index contributed by atoms with van der Waals surface area (Å²) in [4.78, 5) is 28.1. The molecule has 1 fully saturated rings. The van der Waals surface area contributed by atoms with Crippen molar-refractivity contribution in [1.82, 2.24) is 15.2 Å². The number of carbonyl (C=O) groups is 2. The fourth-order valence-electron chi connectivity index (χ4n) is 3.19. The number of β-amino-alcohol motifs (C(OH)–C–C–N with tert-alkyl or cyclic N) is 1. The van der Waals surface area contributed by atoms with Gasteiger partial charge in [-0.15, -0.1) is 0 Å². The molecule has 10 heteroatoms. The molecule has 9 nitrogen and oxygen atoms in total. The van der Waals surface area contributed by atoms with Gasteiger partial charge in [0.2, 0.25) is 0 Å². The van der Waals surface area contributed by atoms with Gasteiger partial charge < -0.3 is 26.0 Å². The lowest BCUT2D eigenvalue weighted by atomic mass is 10.0. The molecule has 1 aromatic heterocycles. The highest BCUT2D eigenvalue weighted by Crippen LogP contribution is 2.29. The number of amides is 1. The number of benzene rings is 1. The van der Waals surface area contributed by atoms with Crippen molar-refractivity contribution in [2.75, 3.05) is 25.9 Å². The third-order valence-corrected chi connectivity index (χ3v) is 4.99. The summed E-state index contributed by atoms with van der Waals surface area (Å²) in [5.41, 5.74) is 7.34. The summed E-state index contributed by atoms with van der Waals surface area (Å²) in [7, 11) is 1.46. The third kappa shape index (κ3) is 7.39. The molecule has 0 spiro atoms. The van der Waals surface area contributed by atoms with Crippen LogP contribution >= 0.6 is 11.6 Å². The Kier molecular flexibility index (Phi) is 9.04. The van der Waals surface area contributed by atoms with Gasteiger partial charge in [0.1, 0.15) is 5.75 Å². The molecule has 3 rings (SSSR count). The van der Waals surface area contributed by atoms with Crippen LogP contribution in [0.2, 0.25) is 5.02 Å². The number of aromatic nitrogens is 1. The predicted octanol–water partition coefficient (Wildman–Crippen LogP) is 1.78. The number of hydrogen-bond acceptors (Lipinski definition) is 7. The van der Waals surface area contributed by atoms with Gasteiger partial charge >= 0.3 is 0 Å². The first-order valence-electron chi connectivity index (χ1n) is 9.65. The van der Waals surface area contributed by atoms with Crippen LogP contribution in [-0.2, 0) is 11.3 Å². The molecule has 2 unspecified atom stereocenters. The molecule has 5 N–H and O–H groups in total. The van der Waals surface area contributed by atoms with Crippen LogP contribution < -0.4 is 15.8 Å². The molecule has 1 aromatic carbocycles. The Labute approximate surface area is 185 Å². The number of halogens is 1. The van der Waals surface area contributed by atoms with Crippen LogP contribution in [0.4, 0.5) is 5.69 Å². The van der Waals surface area contributed by atoms with Gasteiger partial charge in [0.05, 0.1) is 41.2 Å². The van der Waals surface area contributed by atoms with E-state index in [4.69, 9.17) is 32.0 Å². The summed E-state index contributed by atoms with van der Waals surface area (Å²) in [5, 5.41) is 21.1. The molecule has 168 valence electrons. The van der Waals surface area contributed by atoms with E-state index in [1.165, 1.54) is 19.2 Å². The van der Waals surface area contributed by atoms with Crippen molar-refractivity contribution >= 4 is 29.2 Å². The molecule has 2 atom stereocenters. The Morgan fingerprint density at radius 3 is 2.68 bits per heavy atom. The fraction of sp³-hybridized carbons (Fsp3) is 0.381. The van der Waals surface area contributed by atoms with Crippen LogP contribution in [-0.4, -0.2) is 64.3 Å². The number of aliphatic hydroxyl groups is 1. The van der Waals surface area contributed by atoms with E-state index < -0.39 is 12.1 Å². The van der Waals surface area contributed by atoms with E-state index in [-0.39, 0.29) is 17.0 Å².